The first-order chi connectivity index (χ1) is 10.1. The molecule has 1 aromatic rings. The molecule has 0 aliphatic rings. The van der Waals surface area contributed by atoms with Crippen molar-refractivity contribution in [1.82, 2.24) is 0 Å². The summed E-state index contributed by atoms with van der Waals surface area (Å²) in [5.41, 5.74) is 0.714. The van der Waals surface area contributed by atoms with Crippen LogP contribution in [0.2, 0.25) is 0 Å². The summed E-state index contributed by atoms with van der Waals surface area (Å²) in [6.07, 6.45) is 6.00. The van der Waals surface area contributed by atoms with Crippen molar-refractivity contribution in [2.24, 2.45) is 0 Å². The molecular formula is C16H23NO4. The first kappa shape index (κ1) is 17.0. The normalized spacial score (nSPS) is 11.3. The number of allylic oxidation sites excluding steroid dienone is 1. The quantitative estimate of drug-likeness (QED) is 0.387. The predicted molar refractivity (Wildman–Crippen MR) is 83.3 cm³/mol. The summed E-state index contributed by atoms with van der Waals surface area (Å²) in [7, 11) is 1.54. The minimum atomic E-state index is -0.419. The fraction of sp³-hybridized carbons (Fsp3) is 0.500. The highest BCUT2D eigenvalue weighted by Crippen LogP contribution is 2.32. The number of methoxy groups -OCH3 is 1. The summed E-state index contributed by atoms with van der Waals surface area (Å²) in [5, 5.41) is 10.7. The lowest BCUT2D eigenvalue weighted by Gasteiger charge is -2.12. The van der Waals surface area contributed by atoms with E-state index in [1.807, 2.05) is 12.1 Å². The molecule has 0 unspecified atom stereocenters. The van der Waals surface area contributed by atoms with Crippen LogP contribution in [0.3, 0.4) is 0 Å². The molecule has 0 heterocycles. The Labute approximate surface area is 125 Å². The van der Waals surface area contributed by atoms with Crippen LogP contribution in [0, 0.1) is 10.1 Å². The fourth-order valence-electron chi connectivity index (χ4n) is 1.97. The number of para-hydroxylation sites is 1. The maximum absolute atomic E-state index is 10.7. The maximum Gasteiger partial charge on any atom is 0.243 e. The molecular weight excluding hydrogens is 270 g/mol. The second kappa shape index (κ2) is 9.00. The van der Waals surface area contributed by atoms with Crippen molar-refractivity contribution >= 4 is 6.08 Å². The molecule has 0 fully saturated rings. The molecule has 0 N–H and O–H groups in total. The Bertz CT molecular complexity index is 497. The van der Waals surface area contributed by atoms with Gasteiger partial charge in [-0.3, -0.25) is 10.1 Å². The summed E-state index contributed by atoms with van der Waals surface area (Å²) in [5.74, 6) is 1.16. The highest BCUT2D eigenvalue weighted by molar-refractivity contribution is 5.63. The molecule has 5 nitrogen and oxygen atoms in total. The van der Waals surface area contributed by atoms with Crippen LogP contribution in [0.1, 0.15) is 45.1 Å². The van der Waals surface area contributed by atoms with Gasteiger partial charge in [0.25, 0.3) is 0 Å². The van der Waals surface area contributed by atoms with E-state index >= 15 is 0 Å². The van der Waals surface area contributed by atoms with Gasteiger partial charge in [-0.25, -0.2) is 0 Å². The largest absolute Gasteiger partial charge is 0.492 e. The number of unbranched alkanes of at least 4 members (excludes halogenated alkanes) is 3. The van der Waals surface area contributed by atoms with Gasteiger partial charge in [0, 0.05) is 18.6 Å². The van der Waals surface area contributed by atoms with Crippen molar-refractivity contribution in [3.05, 3.63) is 39.6 Å². The van der Waals surface area contributed by atoms with Gasteiger partial charge in [-0.15, -0.1) is 0 Å². The Morgan fingerprint density at radius 3 is 2.71 bits per heavy atom. The molecule has 0 aliphatic carbocycles. The van der Waals surface area contributed by atoms with Crippen LogP contribution in [0.25, 0.3) is 6.08 Å². The molecule has 116 valence electrons. The summed E-state index contributed by atoms with van der Waals surface area (Å²) < 4.78 is 11.1. The Balaban J connectivity index is 2.81. The number of nitrogens with zero attached hydrogens (tertiary/aromatic N) is 1. The van der Waals surface area contributed by atoms with Crippen molar-refractivity contribution in [3.63, 3.8) is 0 Å². The second-order valence-electron chi connectivity index (χ2n) is 4.83. The molecule has 0 saturated heterocycles. The smallest absolute Gasteiger partial charge is 0.243 e. The van der Waals surface area contributed by atoms with Gasteiger partial charge in [-0.2, -0.15) is 0 Å². The SMILES string of the molecule is CCCCCCOc1cccc(/C=C(\C)[N+](=O)[O-])c1OC. The molecule has 21 heavy (non-hydrogen) atoms. The first-order valence-corrected chi connectivity index (χ1v) is 7.22. The lowest BCUT2D eigenvalue weighted by molar-refractivity contribution is -0.422. The maximum atomic E-state index is 10.7. The summed E-state index contributed by atoms with van der Waals surface area (Å²) in [6.45, 7) is 4.24. The average molecular weight is 293 g/mol. The van der Waals surface area contributed by atoms with E-state index in [9.17, 15) is 10.1 Å². The van der Waals surface area contributed by atoms with Crippen LogP contribution in [-0.4, -0.2) is 18.6 Å². The van der Waals surface area contributed by atoms with E-state index in [4.69, 9.17) is 9.47 Å². The number of benzene rings is 1. The molecule has 0 saturated carbocycles. The van der Waals surface area contributed by atoms with Crippen LogP contribution < -0.4 is 9.47 Å². The Morgan fingerprint density at radius 1 is 1.33 bits per heavy atom. The van der Waals surface area contributed by atoms with Gasteiger partial charge in [-0.05, 0) is 12.5 Å². The molecule has 0 aliphatic heterocycles. The third-order valence-corrected chi connectivity index (χ3v) is 3.12. The zero-order chi connectivity index (χ0) is 15.7. The molecule has 5 heteroatoms. The van der Waals surface area contributed by atoms with E-state index in [0.717, 1.165) is 12.8 Å². The Hall–Kier alpha value is -2.04. The van der Waals surface area contributed by atoms with Crippen LogP contribution in [0.4, 0.5) is 0 Å². The van der Waals surface area contributed by atoms with E-state index < -0.39 is 4.92 Å². The Morgan fingerprint density at radius 2 is 2.10 bits per heavy atom. The van der Waals surface area contributed by atoms with E-state index in [2.05, 4.69) is 6.92 Å². The topological polar surface area (TPSA) is 61.6 Å². The van der Waals surface area contributed by atoms with Crippen molar-refractivity contribution < 1.29 is 14.4 Å². The van der Waals surface area contributed by atoms with E-state index in [1.165, 1.54) is 33.0 Å². The van der Waals surface area contributed by atoms with Gasteiger partial charge in [0.1, 0.15) is 0 Å². The third kappa shape index (κ3) is 5.45. The highest BCUT2D eigenvalue weighted by Gasteiger charge is 2.11. The highest BCUT2D eigenvalue weighted by atomic mass is 16.6. The first-order valence-electron chi connectivity index (χ1n) is 7.22. The fourth-order valence-corrected chi connectivity index (χ4v) is 1.97. The third-order valence-electron chi connectivity index (χ3n) is 3.12. The molecule has 0 spiro atoms. The van der Waals surface area contributed by atoms with Crippen LogP contribution in [-0.2, 0) is 0 Å². The van der Waals surface area contributed by atoms with Gasteiger partial charge in [0.2, 0.25) is 5.70 Å². The van der Waals surface area contributed by atoms with Gasteiger partial charge in [0.15, 0.2) is 11.5 Å². The predicted octanol–water partition coefficient (Wildman–Crippen LogP) is 4.29. The zero-order valence-corrected chi connectivity index (χ0v) is 12.9. The van der Waals surface area contributed by atoms with Crippen molar-refractivity contribution in [2.45, 2.75) is 39.5 Å². The summed E-state index contributed by atoms with van der Waals surface area (Å²) in [4.78, 5) is 10.3. The van der Waals surface area contributed by atoms with Gasteiger partial charge in [-0.1, -0.05) is 38.3 Å². The van der Waals surface area contributed by atoms with Gasteiger partial charge in [0.05, 0.1) is 18.6 Å². The monoisotopic (exact) mass is 293 g/mol. The number of ether oxygens (including phenoxy) is 2. The Kier molecular flexibility index (Phi) is 7.29. The lowest BCUT2D eigenvalue weighted by Crippen LogP contribution is -2.01. The molecule has 1 aromatic carbocycles. The molecule has 0 bridgehead atoms. The lowest BCUT2D eigenvalue weighted by atomic mass is 10.1. The van der Waals surface area contributed by atoms with Gasteiger partial charge >= 0.3 is 0 Å². The van der Waals surface area contributed by atoms with Crippen LogP contribution >= 0.6 is 0 Å². The number of nitro groups is 1. The van der Waals surface area contributed by atoms with Crippen LogP contribution in [0.15, 0.2) is 23.9 Å². The van der Waals surface area contributed by atoms with Gasteiger partial charge < -0.3 is 9.47 Å². The second-order valence-corrected chi connectivity index (χ2v) is 4.83. The van der Waals surface area contributed by atoms with E-state index in [-0.39, 0.29) is 5.70 Å². The average Bonchev–Trinajstić information content (AvgIpc) is 2.47. The molecule has 0 aromatic heterocycles. The minimum absolute atomic E-state index is 0.0633. The van der Waals surface area contributed by atoms with Crippen molar-refractivity contribution in [3.8, 4) is 11.5 Å². The zero-order valence-electron chi connectivity index (χ0n) is 12.9. The van der Waals surface area contributed by atoms with Crippen LogP contribution in [0.5, 0.6) is 11.5 Å². The molecule has 1 rings (SSSR count). The van der Waals surface area contributed by atoms with E-state index in [0.29, 0.717) is 23.7 Å². The van der Waals surface area contributed by atoms with Crippen molar-refractivity contribution in [2.75, 3.05) is 13.7 Å². The summed E-state index contributed by atoms with van der Waals surface area (Å²) in [6, 6.07) is 5.40. The van der Waals surface area contributed by atoms with E-state index in [1.54, 1.807) is 6.07 Å². The molecule has 0 radical (unpaired) electrons. The number of hydrogen-bond donors (Lipinski definition) is 0. The molecule has 0 atom stereocenters. The molecule has 0 amide bonds. The number of hydrogen-bond acceptors (Lipinski definition) is 4. The standard InChI is InChI=1S/C16H23NO4/c1-4-5-6-7-11-21-15-10-8-9-14(16(15)20-3)12-13(2)17(18)19/h8-10,12H,4-7,11H2,1-3H3/b13-12+. The minimum Gasteiger partial charge on any atom is -0.492 e. The van der Waals surface area contributed by atoms with Crippen molar-refractivity contribution in [1.29, 1.82) is 0 Å². The number of rotatable bonds is 9. The summed E-state index contributed by atoms with van der Waals surface area (Å²) >= 11 is 0.